The van der Waals surface area contributed by atoms with Crippen LogP contribution in [0, 0.1) is 11.3 Å². The fourth-order valence-electron chi connectivity index (χ4n) is 2.80. The van der Waals surface area contributed by atoms with E-state index in [-0.39, 0.29) is 0 Å². The van der Waals surface area contributed by atoms with Gasteiger partial charge in [0.2, 0.25) is 0 Å². The van der Waals surface area contributed by atoms with Crippen LogP contribution in [0.3, 0.4) is 0 Å². The Kier molecular flexibility index (Phi) is 11.9. The minimum atomic E-state index is 0.346. The van der Waals surface area contributed by atoms with Crippen molar-refractivity contribution in [1.82, 2.24) is 4.90 Å². The molecule has 0 fully saturated rings. The molecule has 0 bridgehead atoms. The highest BCUT2D eigenvalue weighted by Crippen LogP contribution is 2.16. The van der Waals surface area contributed by atoms with Gasteiger partial charge in [0.1, 0.15) is 0 Å². The van der Waals surface area contributed by atoms with Crippen LogP contribution in [-0.4, -0.2) is 30.6 Å². The Morgan fingerprint density at radius 1 is 1.05 bits per heavy atom. The molecule has 0 rings (SSSR count). The van der Waals surface area contributed by atoms with Gasteiger partial charge in [0.05, 0.1) is 0 Å². The summed E-state index contributed by atoms with van der Waals surface area (Å²) >= 11 is 0. The van der Waals surface area contributed by atoms with Crippen LogP contribution in [0.5, 0.6) is 0 Å². The summed E-state index contributed by atoms with van der Waals surface area (Å²) in [6.07, 6.45) is 12.1. The number of nitrogens with zero attached hydrogens (tertiary/aromatic N) is 1. The third kappa shape index (κ3) is 14.6. The van der Waals surface area contributed by atoms with Gasteiger partial charge in [-0.2, -0.15) is 0 Å². The van der Waals surface area contributed by atoms with Gasteiger partial charge in [-0.05, 0) is 69.9 Å². The second-order valence-electron chi connectivity index (χ2n) is 8.35. The molecule has 2 nitrogen and oxygen atoms in total. The lowest BCUT2D eigenvalue weighted by Gasteiger charge is -2.29. The summed E-state index contributed by atoms with van der Waals surface area (Å²) in [5.74, 6) is 0.764. The highest BCUT2D eigenvalue weighted by Gasteiger charge is 2.15. The number of hydrogen-bond donors (Lipinski definition) is 1. The van der Waals surface area contributed by atoms with Gasteiger partial charge < -0.3 is 10.6 Å². The topological polar surface area (TPSA) is 29.3 Å². The van der Waals surface area contributed by atoms with E-state index in [0.29, 0.717) is 11.5 Å². The zero-order chi connectivity index (χ0) is 17.0. The second-order valence-corrected chi connectivity index (χ2v) is 8.35. The molecule has 2 heteroatoms. The van der Waals surface area contributed by atoms with Gasteiger partial charge in [-0.15, -0.1) is 0 Å². The quantitative estimate of drug-likeness (QED) is 0.395. The molecule has 2 unspecified atom stereocenters. The van der Waals surface area contributed by atoms with E-state index in [4.69, 9.17) is 5.73 Å². The molecule has 0 heterocycles. The van der Waals surface area contributed by atoms with E-state index in [9.17, 15) is 0 Å². The number of unbranched alkanes of at least 4 members (excludes halogenated alkanes) is 1. The van der Waals surface area contributed by atoms with E-state index < -0.39 is 0 Å². The molecule has 0 saturated heterocycles. The minimum absolute atomic E-state index is 0.346. The second kappa shape index (κ2) is 12.1. The van der Waals surface area contributed by atoms with E-state index in [1.807, 2.05) is 0 Å². The lowest BCUT2D eigenvalue weighted by atomic mass is 9.96. The maximum Gasteiger partial charge on any atom is 0.00300 e. The molecule has 0 aromatic rings. The maximum absolute atomic E-state index is 5.81. The Hall–Kier alpha value is -0.340. The molecular weight excluding hydrogens is 268 g/mol. The lowest BCUT2D eigenvalue weighted by Crippen LogP contribution is -2.34. The SMILES string of the molecule is CCCN(CCCC=CCC(C)CCC(C)N)CC(C)(C)C. The van der Waals surface area contributed by atoms with Crippen molar-refractivity contribution in [2.45, 2.75) is 86.1 Å². The summed E-state index contributed by atoms with van der Waals surface area (Å²) in [6, 6.07) is 0.346. The molecule has 0 aliphatic rings. The van der Waals surface area contributed by atoms with Crippen LogP contribution < -0.4 is 5.73 Å². The van der Waals surface area contributed by atoms with Crippen LogP contribution in [0.15, 0.2) is 12.2 Å². The third-order valence-electron chi connectivity index (χ3n) is 3.90. The molecule has 2 atom stereocenters. The van der Waals surface area contributed by atoms with Crippen molar-refractivity contribution in [1.29, 1.82) is 0 Å². The van der Waals surface area contributed by atoms with Crippen molar-refractivity contribution >= 4 is 0 Å². The monoisotopic (exact) mass is 310 g/mol. The van der Waals surface area contributed by atoms with Crippen LogP contribution in [-0.2, 0) is 0 Å². The number of nitrogens with two attached hydrogens (primary N) is 1. The first kappa shape index (κ1) is 21.7. The summed E-state index contributed by atoms with van der Waals surface area (Å²) in [5.41, 5.74) is 6.21. The largest absolute Gasteiger partial charge is 0.328 e. The Morgan fingerprint density at radius 2 is 1.73 bits per heavy atom. The van der Waals surface area contributed by atoms with E-state index in [1.54, 1.807) is 0 Å². The van der Waals surface area contributed by atoms with E-state index in [1.165, 1.54) is 51.7 Å². The summed E-state index contributed by atoms with van der Waals surface area (Å²) in [4.78, 5) is 2.62. The molecule has 0 aromatic heterocycles. The summed E-state index contributed by atoms with van der Waals surface area (Å²) in [5, 5.41) is 0. The van der Waals surface area contributed by atoms with Crippen LogP contribution in [0.1, 0.15) is 80.1 Å². The average Bonchev–Trinajstić information content (AvgIpc) is 2.38. The first-order chi connectivity index (χ1) is 10.2. The zero-order valence-corrected chi connectivity index (χ0v) is 16.2. The molecule has 0 aliphatic carbocycles. The van der Waals surface area contributed by atoms with Crippen LogP contribution >= 0.6 is 0 Å². The van der Waals surface area contributed by atoms with Gasteiger partial charge >= 0.3 is 0 Å². The van der Waals surface area contributed by atoms with Gasteiger partial charge in [0.25, 0.3) is 0 Å². The Morgan fingerprint density at radius 3 is 2.27 bits per heavy atom. The lowest BCUT2D eigenvalue weighted by molar-refractivity contribution is 0.190. The molecule has 0 aromatic carbocycles. The van der Waals surface area contributed by atoms with Crippen molar-refractivity contribution in [3.63, 3.8) is 0 Å². The van der Waals surface area contributed by atoms with Gasteiger partial charge in [0, 0.05) is 12.6 Å². The number of allylic oxidation sites excluding steroid dienone is 2. The van der Waals surface area contributed by atoms with Crippen molar-refractivity contribution in [2.24, 2.45) is 17.1 Å². The van der Waals surface area contributed by atoms with Gasteiger partial charge in [-0.25, -0.2) is 0 Å². The number of hydrogen-bond acceptors (Lipinski definition) is 2. The standard InChI is InChI=1S/C20H42N2/c1-7-15-22(17-20(4,5)6)16-11-9-8-10-12-18(2)13-14-19(3)21/h8,10,18-19H,7,9,11-17,21H2,1-6H3. The summed E-state index contributed by atoms with van der Waals surface area (Å²) < 4.78 is 0. The molecule has 0 amide bonds. The predicted molar refractivity (Wildman–Crippen MR) is 101 cm³/mol. The fraction of sp³-hybridized carbons (Fsp3) is 0.900. The normalized spacial score (nSPS) is 15.6. The van der Waals surface area contributed by atoms with Crippen LogP contribution in [0.2, 0.25) is 0 Å². The van der Waals surface area contributed by atoms with E-state index >= 15 is 0 Å². The van der Waals surface area contributed by atoms with E-state index in [0.717, 1.165) is 12.3 Å². The molecule has 22 heavy (non-hydrogen) atoms. The third-order valence-corrected chi connectivity index (χ3v) is 3.90. The molecule has 132 valence electrons. The molecule has 2 N–H and O–H groups in total. The summed E-state index contributed by atoms with van der Waals surface area (Å²) in [7, 11) is 0. The minimum Gasteiger partial charge on any atom is -0.328 e. The highest BCUT2D eigenvalue weighted by molar-refractivity contribution is 4.84. The maximum atomic E-state index is 5.81. The smallest absolute Gasteiger partial charge is 0.00300 e. The van der Waals surface area contributed by atoms with Gasteiger partial charge in [-0.1, -0.05) is 46.8 Å². The predicted octanol–water partition coefficient (Wildman–Crippen LogP) is 5.23. The van der Waals surface area contributed by atoms with Crippen molar-refractivity contribution in [2.75, 3.05) is 19.6 Å². The molecule has 0 spiro atoms. The van der Waals surface area contributed by atoms with Crippen molar-refractivity contribution in [3.8, 4) is 0 Å². The van der Waals surface area contributed by atoms with Crippen molar-refractivity contribution in [3.05, 3.63) is 12.2 Å². The fourth-order valence-corrected chi connectivity index (χ4v) is 2.80. The number of rotatable bonds is 12. The van der Waals surface area contributed by atoms with E-state index in [2.05, 4.69) is 58.6 Å². The molecular formula is C20H42N2. The van der Waals surface area contributed by atoms with Gasteiger partial charge in [-0.3, -0.25) is 0 Å². The van der Waals surface area contributed by atoms with Crippen molar-refractivity contribution < 1.29 is 0 Å². The van der Waals surface area contributed by atoms with Crippen LogP contribution in [0.25, 0.3) is 0 Å². The zero-order valence-electron chi connectivity index (χ0n) is 16.2. The summed E-state index contributed by atoms with van der Waals surface area (Å²) in [6.45, 7) is 17.4. The first-order valence-electron chi connectivity index (χ1n) is 9.37. The molecule has 0 saturated carbocycles. The molecule has 0 radical (unpaired) electrons. The Bertz CT molecular complexity index is 276. The Balaban J connectivity index is 3.81. The highest BCUT2D eigenvalue weighted by atomic mass is 15.1. The average molecular weight is 311 g/mol. The van der Waals surface area contributed by atoms with Crippen LogP contribution in [0.4, 0.5) is 0 Å². The van der Waals surface area contributed by atoms with Gasteiger partial charge in [0.15, 0.2) is 0 Å². The molecule has 0 aliphatic heterocycles. The first-order valence-corrected chi connectivity index (χ1v) is 9.37. The Labute approximate surface area is 140 Å².